The van der Waals surface area contributed by atoms with Gasteiger partial charge in [0.25, 0.3) is 0 Å². The standard InChI is InChI=1S/C14H10Cl2O/c15-12-6-7-13(16)11(8-12)9-14(17)10-4-2-1-3-5-10/h1-8H,9H2. The van der Waals surface area contributed by atoms with Crippen molar-refractivity contribution in [2.75, 3.05) is 0 Å². The molecule has 0 saturated heterocycles. The van der Waals surface area contributed by atoms with Crippen molar-refractivity contribution in [1.29, 1.82) is 0 Å². The minimum atomic E-state index is 0.0368. The number of carbonyl (C=O) groups is 1. The van der Waals surface area contributed by atoms with E-state index in [0.29, 0.717) is 15.6 Å². The Morgan fingerprint density at radius 2 is 1.71 bits per heavy atom. The van der Waals surface area contributed by atoms with E-state index >= 15 is 0 Å². The highest BCUT2D eigenvalue weighted by Gasteiger charge is 2.09. The summed E-state index contributed by atoms with van der Waals surface area (Å²) in [7, 11) is 0. The summed E-state index contributed by atoms with van der Waals surface area (Å²) >= 11 is 11.9. The van der Waals surface area contributed by atoms with Crippen LogP contribution in [0, 0.1) is 0 Å². The maximum Gasteiger partial charge on any atom is 0.167 e. The van der Waals surface area contributed by atoms with Crippen molar-refractivity contribution in [3.05, 3.63) is 69.7 Å². The lowest BCUT2D eigenvalue weighted by molar-refractivity contribution is 0.0993. The van der Waals surface area contributed by atoms with Gasteiger partial charge in [0.05, 0.1) is 0 Å². The fourth-order valence-electron chi connectivity index (χ4n) is 1.58. The summed E-state index contributed by atoms with van der Waals surface area (Å²) in [5.74, 6) is 0.0368. The van der Waals surface area contributed by atoms with Crippen LogP contribution in [0.4, 0.5) is 0 Å². The van der Waals surface area contributed by atoms with Gasteiger partial charge in [0.2, 0.25) is 0 Å². The second kappa shape index (κ2) is 5.35. The van der Waals surface area contributed by atoms with Gasteiger partial charge in [0.15, 0.2) is 5.78 Å². The predicted octanol–water partition coefficient (Wildman–Crippen LogP) is 4.42. The molecule has 0 N–H and O–H groups in total. The van der Waals surface area contributed by atoms with E-state index < -0.39 is 0 Å². The van der Waals surface area contributed by atoms with Gasteiger partial charge in [-0.3, -0.25) is 4.79 Å². The molecule has 2 aromatic carbocycles. The molecule has 2 rings (SSSR count). The van der Waals surface area contributed by atoms with E-state index in [9.17, 15) is 4.79 Å². The van der Waals surface area contributed by atoms with Crippen molar-refractivity contribution in [2.24, 2.45) is 0 Å². The second-order valence-corrected chi connectivity index (χ2v) is 4.55. The van der Waals surface area contributed by atoms with Crippen molar-refractivity contribution in [1.82, 2.24) is 0 Å². The van der Waals surface area contributed by atoms with Gasteiger partial charge in [0.1, 0.15) is 0 Å². The highest BCUT2D eigenvalue weighted by molar-refractivity contribution is 6.33. The van der Waals surface area contributed by atoms with Gasteiger partial charge in [-0.05, 0) is 23.8 Å². The number of ketones is 1. The third-order valence-corrected chi connectivity index (χ3v) is 3.06. The number of carbonyl (C=O) groups excluding carboxylic acids is 1. The molecule has 0 aliphatic rings. The van der Waals surface area contributed by atoms with Gasteiger partial charge in [-0.1, -0.05) is 53.5 Å². The zero-order chi connectivity index (χ0) is 12.3. The van der Waals surface area contributed by atoms with Gasteiger partial charge < -0.3 is 0 Å². The van der Waals surface area contributed by atoms with Crippen molar-refractivity contribution >= 4 is 29.0 Å². The Balaban J connectivity index is 2.22. The van der Waals surface area contributed by atoms with Crippen LogP contribution in [-0.2, 0) is 6.42 Å². The first-order valence-electron chi connectivity index (χ1n) is 5.19. The average Bonchev–Trinajstić information content (AvgIpc) is 2.35. The summed E-state index contributed by atoms with van der Waals surface area (Å²) < 4.78 is 0. The molecule has 0 spiro atoms. The van der Waals surface area contributed by atoms with Crippen molar-refractivity contribution < 1.29 is 4.79 Å². The minimum absolute atomic E-state index is 0.0368. The molecule has 0 bridgehead atoms. The van der Waals surface area contributed by atoms with Crippen LogP contribution in [0.5, 0.6) is 0 Å². The molecule has 0 unspecified atom stereocenters. The van der Waals surface area contributed by atoms with Gasteiger partial charge >= 0.3 is 0 Å². The number of hydrogen-bond donors (Lipinski definition) is 0. The Kier molecular flexibility index (Phi) is 3.82. The topological polar surface area (TPSA) is 17.1 Å². The Bertz CT molecular complexity index is 535. The van der Waals surface area contributed by atoms with Crippen LogP contribution < -0.4 is 0 Å². The smallest absolute Gasteiger partial charge is 0.167 e. The number of Topliss-reactive ketones (excluding diaryl/α,β-unsaturated/α-hetero) is 1. The lowest BCUT2D eigenvalue weighted by Gasteiger charge is -2.04. The maximum absolute atomic E-state index is 12.0. The predicted molar refractivity (Wildman–Crippen MR) is 70.9 cm³/mol. The quantitative estimate of drug-likeness (QED) is 0.751. The van der Waals surface area contributed by atoms with E-state index in [2.05, 4.69) is 0 Å². The molecule has 1 nitrogen and oxygen atoms in total. The lowest BCUT2D eigenvalue weighted by atomic mass is 10.0. The molecule has 86 valence electrons. The first-order valence-corrected chi connectivity index (χ1v) is 5.94. The van der Waals surface area contributed by atoms with Crippen LogP contribution in [0.15, 0.2) is 48.5 Å². The summed E-state index contributed by atoms with van der Waals surface area (Å²) in [6, 6.07) is 14.3. The molecule has 0 amide bonds. The molecule has 17 heavy (non-hydrogen) atoms. The fourth-order valence-corrected chi connectivity index (χ4v) is 1.96. The van der Waals surface area contributed by atoms with Gasteiger partial charge in [0, 0.05) is 22.0 Å². The number of rotatable bonds is 3. The monoisotopic (exact) mass is 264 g/mol. The Hall–Kier alpha value is -1.31. The van der Waals surface area contributed by atoms with Crippen molar-refractivity contribution in [2.45, 2.75) is 6.42 Å². The van der Waals surface area contributed by atoms with E-state index in [4.69, 9.17) is 23.2 Å². The van der Waals surface area contributed by atoms with E-state index in [1.807, 2.05) is 18.2 Å². The molecule has 0 aliphatic heterocycles. The summed E-state index contributed by atoms with van der Waals surface area (Å²) in [4.78, 5) is 12.0. The van der Waals surface area contributed by atoms with Gasteiger partial charge in [-0.15, -0.1) is 0 Å². The first-order chi connectivity index (χ1) is 8.16. The molecule has 0 radical (unpaired) electrons. The van der Waals surface area contributed by atoms with E-state index in [0.717, 1.165) is 5.56 Å². The molecule has 0 atom stereocenters. The molecular weight excluding hydrogens is 255 g/mol. The average molecular weight is 265 g/mol. The number of benzene rings is 2. The Labute approximate surface area is 110 Å². The largest absolute Gasteiger partial charge is 0.294 e. The zero-order valence-corrected chi connectivity index (χ0v) is 10.5. The van der Waals surface area contributed by atoms with Gasteiger partial charge in [-0.25, -0.2) is 0 Å². The third-order valence-electron chi connectivity index (χ3n) is 2.45. The SMILES string of the molecule is O=C(Cc1cc(Cl)ccc1Cl)c1ccccc1. The fraction of sp³-hybridized carbons (Fsp3) is 0.0714. The summed E-state index contributed by atoms with van der Waals surface area (Å²) in [5, 5.41) is 1.16. The molecule has 0 heterocycles. The molecule has 0 aliphatic carbocycles. The van der Waals surface area contributed by atoms with Crippen LogP contribution in [0.2, 0.25) is 10.0 Å². The summed E-state index contributed by atoms with van der Waals surface area (Å²) in [6.45, 7) is 0. The Morgan fingerprint density at radius 1 is 1.00 bits per heavy atom. The Morgan fingerprint density at radius 3 is 2.41 bits per heavy atom. The highest BCUT2D eigenvalue weighted by Crippen LogP contribution is 2.22. The van der Waals surface area contributed by atoms with E-state index in [-0.39, 0.29) is 12.2 Å². The van der Waals surface area contributed by atoms with E-state index in [1.165, 1.54) is 0 Å². The van der Waals surface area contributed by atoms with E-state index in [1.54, 1.807) is 30.3 Å². The van der Waals surface area contributed by atoms with Crippen molar-refractivity contribution in [3.63, 3.8) is 0 Å². The highest BCUT2D eigenvalue weighted by atomic mass is 35.5. The molecular formula is C14H10Cl2O. The molecule has 0 saturated carbocycles. The molecule has 0 fully saturated rings. The van der Waals surface area contributed by atoms with Crippen molar-refractivity contribution in [3.8, 4) is 0 Å². The normalized spacial score (nSPS) is 10.2. The zero-order valence-electron chi connectivity index (χ0n) is 8.99. The third kappa shape index (κ3) is 3.09. The van der Waals surface area contributed by atoms with Crippen LogP contribution in [0.3, 0.4) is 0 Å². The van der Waals surface area contributed by atoms with Crippen LogP contribution in [0.1, 0.15) is 15.9 Å². The number of hydrogen-bond acceptors (Lipinski definition) is 1. The summed E-state index contributed by atoms with van der Waals surface area (Å²) in [6.07, 6.45) is 0.267. The van der Waals surface area contributed by atoms with Crippen LogP contribution >= 0.6 is 23.2 Å². The van der Waals surface area contributed by atoms with Crippen LogP contribution in [0.25, 0.3) is 0 Å². The molecule has 2 aromatic rings. The number of halogens is 2. The van der Waals surface area contributed by atoms with Crippen LogP contribution in [-0.4, -0.2) is 5.78 Å². The second-order valence-electron chi connectivity index (χ2n) is 3.70. The summed E-state index contributed by atoms with van der Waals surface area (Å²) in [5.41, 5.74) is 1.44. The molecule has 0 aromatic heterocycles. The van der Waals surface area contributed by atoms with Gasteiger partial charge in [-0.2, -0.15) is 0 Å². The first kappa shape index (κ1) is 12.2. The minimum Gasteiger partial charge on any atom is -0.294 e. The lowest BCUT2D eigenvalue weighted by Crippen LogP contribution is -2.03. The molecule has 3 heteroatoms. The maximum atomic E-state index is 12.0.